The van der Waals surface area contributed by atoms with Gasteiger partial charge in [0.2, 0.25) is 5.91 Å². The second kappa shape index (κ2) is 12.4. The van der Waals surface area contributed by atoms with E-state index in [4.69, 9.17) is 9.72 Å². The van der Waals surface area contributed by atoms with Crippen LogP contribution in [0.2, 0.25) is 0 Å². The first-order valence-corrected chi connectivity index (χ1v) is 13.6. The normalized spacial score (nSPS) is 14.8. The van der Waals surface area contributed by atoms with Gasteiger partial charge in [-0.2, -0.15) is 0 Å². The van der Waals surface area contributed by atoms with E-state index < -0.39 is 0 Å². The molecule has 0 aliphatic heterocycles. The van der Waals surface area contributed by atoms with E-state index >= 15 is 0 Å². The molecule has 0 N–H and O–H groups in total. The van der Waals surface area contributed by atoms with Crippen LogP contribution < -0.4 is 10.3 Å². The van der Waals surface area contributed by atoms with Crippen LogP contribution in [0.5, 0.6) is 5.75 Å². The first-order valence-electron chi connectivity index (χ1n) is 13.6. The highest BCUT2D eigenvalue weighted by atomic mass is 16.5. The number of nitrogens with zero attached hydrogens (tertiary/aromatic N) is 4. The van der Waals surface area contributed by atoms with Crippen molar-refractivity contribution in [2.24, 2.45) is 5.92 Å². The number of aromatic nitrogens is 2. The maximum absolute atomic E-state index is 13.8. The molecule has 198 valence electrons. The van der Waals surface area contributed by atoms with E-state index in [0.717, 1.165) is 18.7 Å². The Morgan fingerprint density at radius 2 is 1.78 bits per heavy atom. The monoisotopic (exact) mass is 504 g/mol. The fourth-order valence-corrected chi connectivity index (χ4v) is 5.29. The van der Waals surface area contributed by atoms with Crippen molar-refractivity contribution in [2.45, 2.75) is 58.4 Å². The van der Waals surface area contributed by atoms with Gasteiger partial charge < -0.3 is 14.5 Å². The summed E-state index contributed by atoms with van der Waals surface area (Å²) >= 11 is 0. The summed E-state index contributed by atoms with van der Waals surface area (Å²) in [5, 5.41) is 0.555. The fraction of sp³-hybridized carbons (Fsp3) is 0.500. The highest BCUT2D eigenvalue weighted by Crippen LogP contribution is 2.30. The smallest absolute Gasteiger partial charge is 0.266 e. The number of carbonyl (C=O) groups is 1. The minimum atomic E-state index is -0.375. The van der Waals surface area contributed by atoms with Crippen LogP contribution in [-0.2, 0) is 4.79 Å². The lowest BCUT2D eigenvalue weighted by molar-refractivity contribution is -0.134. The van der Waals surface area contributed by atoms with Crippen molar-refractivity contribution in [3.8, 4) is 11.4 Å². The average molecular weight is 505 g/mol. The lowest BCUT2D eigenvalue weighted by Crippen LogP contribution is -2.41. The summed E-state index contributed by atoms with van der Waals surface area (Å²) in [5.41, 5.74) is 1.21. The molecule has 1 unspecified atom stereocenters. The Balaban J connectivity index is 1.74. The molecule has 0 radical (unpaired) electrons. The van der Waals surface area contributed by atoms with Crippen LogP contribution in [0.25, 0.3) is 16.6 Å². The number of likely N-dealkylation sites (N-methyl/N-ethyl adjacent to an activating group) is 1. The Bertz CT molecular complexity index is 1250. The first kappa shape index (κ1) is 26.9. The molecule has 37 heavy (non-hydrogen) atoms. The summed E-state index contributed by atoms with van der Waals surface area (Å²) in [7, 11) is 4.02. The van der Waals surface area contributed by atoms with Gasteiger partial charge in [-0.25, -0.2) is 4.98 Å². The molecule has 1 amide bonds. The van der Waals surface area contributed by atoms with E-state index in [9.17, 15) is 9.59 Å². The zero-order chi connectivity index (χ0) is 26.4. The molecule has 3 aromatic rings. The number of carbonyl (C=O) groups excluding carboxylic acids is 1. The Labute approximate surface area is 220 Å². The summed E-state index contributed by atoms with van der Waals surface area (Å²) in [6.45, 7) is 5.81. The van der Waals surface area contributed by atoms with Gasteiger partial charge in [-0.15, -0.1) is 0 Å². The van der Waals surface area contributed by atoms with Gasteiger partial charge in [-0.1, -0.05) is 37.8 Å². The molecular weight excluding hydrogens is 464 g/mol. The van der Waals surface area contributed by atoms with Crippen LogP contribution in [0, 0.1) is 5.92 Å². The fourth-order valence-electron chi connectivity index (χ4n) is 5.29. The van der Waals surface area contributed by atoms with Crippen molar-refractivity contribution in [1.29, 1.82) is 0 Å². The van der Waals surface area contributed by atoms with E-state index in [1.165, 1.54) is 25.7 Å². The number of para-hydroxylation sites is 1. The summed E-state index contributed by atoms with van der Waals surface area (Å²) in [6, 6.07) is 14.5. The van der Waals surface area contributed by atoms with Crippen LogP contribution in [0.3, 0.4) is 0 Å². The van der Waals surface area contributed by atoms with Crippen LogP contribution in [-0.4, -0.2) is 59.0 Å². The molecule has 0 bridgehead atoms. The number of hydrogen-bond donors (Lipinski definition) is 0. The Kier molecular flexibility index (Phi) is 8.98. The highest BCUT2D eigenvalue weighted by Gasteiger charge is 2.27. The SMILES string of the molecule is CCOc1ccc(-n2c(C(C)N(CCN(C)C)C(=O)CCC3CCCC3)nc3ccccc3c2=O)cc1. The van der Waals surface area contributed by atoms with Crippen molar-refractivity contribution in [3.63, 3.8) is 0 Å². The molecule has 7 heteroatoms. The van der Waals surface area contributed by atoms with Gasteiger partial charge in [-0.3, -0.25) is 14.2 Å². The zero-order valence-electron chi connectivity index (χ0n) is 22.7. The Morgan fingerprint density at radius 3 is 2.46 bits per heavy atom. The number of benzene rings is 2. The average Bonchev–Trinajstić information content (AvgIpc) is 3.42. The van der Waals surface area contributed by atoms with Crippen molar-refractivity contribution >= 4 is 16.8 Å². The van der Waals surface area contributed by atoms with Gasteiger partial charge in [0.05, 0.1) is 29.2 Å². The molecule has 2 aromatic carbocycles. The van der Waals surface area contributed by atoms with E-state index in [1.807, 2.05) is 75.3 Å². The molecule has 1 heterocycles. The molecule has 1 atom stereocenters. The molecule has 1 aliphatic carbocycles. The Hall–Kier alpha value is -3.19. The van der Waals surface area contributed by atoms with E-state index in [-0.39, 0.29) is 17.5 Å². The molecule has 0 saturated heterocycles. The summed E-state index contributed by atoms with van der Waals surface area (Å²) in [5.74, 6) is 2.09. The van der Waals surface area contributed by atoms with Crippen LogP contribution in [0.4, 0.5) is 0 Å². The largest absolute Gasteiger partial charge is 0.494 e. The van der Waals surface area contributed by atoms with Crippen LogP contribution in [0.1, 0.15) is 64.2 Å². The maximum atomic E-state index is 13.8. The van der Waals surface area contributed by atoms with Crippen molar-refractivity contribution in [1.82, 2.24) is 19.4 Å². The summed E-state index contributed by atoms with van der Waals surface area (Å²) in [6.07, 6.45) is 6.46. The molecule has 1 fully saturated rings. The summed E-state index contributed by atoms with van der Waals surface area (Å²) in [4.78, 5) is 36.4. The van der Waals surface area contributed by atoms with Gasteiger partial charge in [0.1, 0.15) is 11.6 Å². The van der Waals surface area contributed by atoms with Crippen molar-refractivity contribution < 1.29 is 9.53 Å². The lowest BCUT2D eigenvalue weighted by Gasteiger charge is -2.32. The maximum Gasteiger partial charge on any atom is 0.266 e. The number of hydrogen-bond acceptors (Lipinski definition) is 5. The number of ether oxygens (including phenoxy) is 1. The van der Waals surface area contributed by atoms with Crippen molar-refractivity contribution in [2.75, 3.05) is 33.8 Å². The predicted octanol–water partition coefficient (Wildman–Crippen LogP) is 5.21. The summed E-state index contributed by atoms with van der Waals surface area (Å²) < 4.78 is 7.27. The van der Waals surface area contributed by atoms with Crippen LogP contribution in [0.15, 0.2) is 53.3 Å². The molecule has 4 rings (SSSR count). The molecule has 0 spiro atoms. The third kappa shape index (κ3) is 6.39. The van der Waals surface area contributed by atoms with Gasteiger partial charge in [-0.05, 0) is 76.7 Å². The molecule has 1 aliphatic rings. The van der Waals surface area contributed by atoms with E-state index in [1.54, 1.807) is 10.6 Å². The highest BCUT2D eigenvalue weighted by molar-refractivity contribution is 5.79. The second-order valence-corrected chi connectivity index (χ2v) is 10.3. The van der Waals surface area contributed by atoms with Gasteiger partial charge in [0.25, 0.3) is 5.56 Å². The van der Waals surface area contributed by atoms with E-state index in [0.29, 0.717) is 47.9 Å². The van der Waals surface area contributed by atoms with Crippen molar-refractivity contribution in [3.05, 3.63) is 64.7 Å². The third-order valence-electron chi connectivity index (χ3n) is 7.40. The molecule has 1 aromatic heterocycles. The topological polar surface area (TPSA) is 67.7 Å². The minimum Gasteiger partial charge on any atom is -0.494 e. The molecule has 7 nitrogen and oxygen atoms in total. The quantitative estimate of drug-likeness (QED) is 0.359. The van der Waals surface area contributed by atoms with Gasteiger partial charge in [0, 0.05) is 19.5 Å². The second-order valence-electron chi connectivity index (χ2n) is 10.3. The standard InChI is InChI=1S/C30H40N4O3/c1-5-37-25-17-15-24(16-18-25)34-29(31-27-13-9-8-12-26(27)30(34)36)22(2)33(21-20-32(3)4)28(35)19-14-23-10-6-7-11-23/h8-9,12-13,15-18,22-23H,5-7,10-11,14,19-21H2,1-4H3. The first-order chi connectivity index (χ1) is 17.9. The number of fused-ring (bicyclic) bond motifs is 1. The molecular formula is C30H40N4O3. The zero-order valence-corrected chi connectivity index (χ0v) is 22.7. The predicted molar refractivity (Wildman–Crippen MR) is 148 cm³/mol. The van der Waals surface area contributed by atoms with Gasteiger partial charge in [0.15, 0.2) is 0 Å². The van der Waals surface area contributed by atoms with E-state index in [2.05, 4.69) is 4.90 Å². The third-order valence-corrected chi connectivity index (χ3v) is 7.40. The number of rotatable bonds is 11. The lowest BCUT2D eigenvalue weighted by atomic mass is 10.0. The molecule has 1 saturated carbocycles. The minimum absolute atomic E-state index is 0.127. The Morgan fingerprint density at radius 1 is 1.08 bits per heavy atom. The number of amides is 1. The van der Waals surface area contributed by atoms with Gasteiger partial charge >= 0.3 is 0 Å². The van der Waals surface area contributed by atoms with Crippen LogP contribution >= 0.6 is 0 Å².